The monoisotopic (exact) mass is 347 g/mol. The Kier molecular flexibility index (Phi) is 4.45. The number of nitrogens with zero attached hydrogens (tertiary/aromatic N) is 3. The Morgan fingerprint density at radius 2 is 2.00 bits per heavy atom. The van der Waals surface area contributed by atoms with Crippen LogP contribution in [0.5, 0.6) is 0 Å². The summed E-state index contributed by atoms with van der Waals surface area (Å²) in [6.07, 6.45) is 3.46. The molecular formula is C17H21N3O3S. The number of hydrogen-bond acceptors (Lipinski definition) is 4. The van der Waals surface area contributed by atoms with Crippen LogP contribution < -0.4 is 0 Å². The van der Waals surface area contributed by atoms with Crippen LogP contribution in [0.4, 0.5) is 0 Å². The first-order valence-electron chi connectivity index (χ1n) is 7.99. The van der Waals surface area contributed by atoms with E-state index in [9.17, 15) is 13.2 Å². The topological polar surface area (TPSA) is 72.3 Å². The van der Waals surface area contributed by atoms with Crippen LogP contribution in [-0.4, -0.2) is 52.9 Å². The van der Waals surface area contributed by atoms with Crippen molar-refractivity contribution in [2.24, 2.45) is 0 Å². The zero-order valence-corrected chi connectivity index (χ0v) is 14.6. The van der Waals surface area contributed by atoms with Gasteiger partial charge in [0.25, 0.3) is 0 Å². The fraction of sp³-hybridized carbons (Fsp3) is 0.412. The lowest BCUT2D eigenvalue weighted by molar-refractivity contribution is -0.134. The van der Waals surface area contributed by atoms with Crippen LogP contribution in [0.2, 0.25) is 0 Å². The van der Waals surface area contributed by atoms with Gasteiger partial charge in [0.2, 0.25) is 5.91 Å². The van der Waals surface area contributed by atoms with Gasteiger partial charge in [0, 0.05) is 31.0 Å². The van der Waals surface area contributed by atoms with Crippen LogP contribution in [0.1, 0.15) is 19.9 Å². The Hall–Kier alpha value is -2.15. The van der Waals surface area contributed by atoms with E-state index in [4.69, 9.17) is 0 Å². The smallest absolute Gasteiger partial charge is 0.245 e. The molecule has 6 nitrogen and oxygen atoms in total. The Morgan fingerprint density at radius 1 is 1.29 bits per heavy atom. The molecule has 0 bridgehead atoms. The molecule has 128 valence electrons. The van der Waals surface area contributed by atoms with Crippen molar-refractivity contribution in [1.82, 2.24) is 14.5 Å². The van der Waals surface area contributed by atoms with E-state index in [0.717, 1.165) is 11.4 Å². The quantitative estimate of drug-likeness (QED) is 0.848. The highest BCUT2D eigenvalue weighted by Gasteiger charge is 2.34. The molecule has 0 spiro atoms. The van der Waals surface area contributed by atoms with E-state index in [-0.39, 0.29) is 24.7 Å². The van der Waals surface area contributed by atoms with Crippen molar-refractivity contribution in [2.75, 3.05) is 18.8 Å². The molecule has 0 N–H and O–H groups in total. The second kappa shape index (κ2) is 6.39. The minimum Gasteiger partial charge on any atom is -0.339 e. The summed E-state index contributed by atoms with van der Waals surface area (Å²) in [5.41, 5.74) is 0.941. The maximum Gasteiger partial charge on any atom is 0.245 e. The Balaban J connectivity index is 1.82. The second-order valence-electron chi connectivity index (χ2n) is 6.16. The summed E-state index contributed by atoms with van der Waals surface area (Å²) in [7, 11) is -3.07. The van der Waals surface area contributed by atoms with E-state index >= 15 is 0 Å². The maximum atomic E-state index is 12.8. The molecule has 1 fully saturated rings. The molecule has 2 atom stereocenters. The van der Waals surface area contributed by atoms with E-state index in [2.05, 4.69) is 4.98 Å². The lowest BCUT2D eigenvalue weighted by Gasteiger charge is -2.33. The Labute approximate surface area is 142 Å². The predicted octanol–water partition coefficient (Wildman–Crippen LogP) is 1.76. The van der Waals surface area contributed by atoms with Crippen LogP contribution in [0.25, 0.3) is 11.4 Å². The molecule has 1 aliphatic rings. The minimum atomic E-state index is -3.07. The van der Waals surface area contributed by atoms with Gasteiger partial charge in [-0.1, -0.05) is 30.3 Å². The van der Waals surface area contributed by atoms with Crippen LogP contribution in [-0.2, 0) is 14.6 Å². The molecule has 0 unspecified atom stereocenters. The molecule has 2 heterocycles. The number of imidazole rings is 1. The van der Waals surface area contributed by atoms with Crippen molar-refractivity contribution in [3.63, 3.8) is 0 Å². The summed E-state index contributed by atoms with van der Waals surface area (Å²) in [6, 6.07) is 9.25. The van der Waals surface area contributed by atoms with Crippen molar-refractivity contribution in [1.29, 1.82) is 0 Å². The van der Waals surface area contributed by atoms with Crippen molar-refractivity contribution in [3.05, 3.63) is 42.7 Å². The van der Waals surface area contributed by atoms with Gasteiger partial charge < -0.3 is 9.47 Å². The Bertz CT molecular complexity index is 830. The highest BCUT2D eigenvalue weighted by atomic mass is 32.2. The summed E-state index contributed by atoms with van der Waals surface area (Å²) in [4.78, 5) is 18.8. The van der Waals surface area contributed by atoms with Gasteiger partial charge in [0.15, 0.2) is 9.84 Å². The molecule has 1 amide bonds. The third kappa shape index (κ3) is 3.08. The summed E-state index contributed by atoms with van der Waals surface area (Å²) >= 11 is 0. The minimum absolute atomic E-state index is 0.0299. The van der Waals surface area contributed by atoms with Crippen molar-refractivity contribution in [3.8, 4) is 11.4 Å². The van der Waals surface area contributed by atoms with Crippen LogP contribution in [0.3, 0.4) is 0 Å². The molecule has 1 aliphatic heterocycles. The lowest BCUT2D eigenvalue weighted by Crippen LogP contribution is -2.49. The lowest BCUT2D eigenvalue weighted by atomic mass is 10.2. The number of rotatable bonds is 3. The molecular weight excluding hydrogens is 326 g/mol. The normalized spacial score (nSPS) is 21.4. The number of carbonyl (C=O) groups is 1. The summed E-state index contributed by atoms with van der Waals surface area (Å²) < 4.78 is 25.5. The molecule has 0 aliphatic carbocycles. The van der Waals surface area contributed by atoms with E-state index in [1.807, 2.05) is 41.8 Å². The van der Waals surface area contributed by atoms with Gasteiger partial charge >= 0.3 is 0 Å². The largest absolute Gasteiger partial charge is 0.339 e. The average molecular weight is 347 g/mol. The number of benzene rings is 1. The first kappa shape index (κ1) is 16.7. The standard InChI is InChI=1S/C17H21N3O3S/c1-13-12-19(10-11-24(13,22)23)17(21)14(2)20-9-8-18-16(20)15-6-4-3-5-7-15/h3-9,13-14H,10-12H2,1-2H3/t13-,14+/m1/s1. The molecule has 0 saturated carbocycles. The van der Waals surface area contributed by atoms with Crippen molar-refractivity contribution >= 4 is 15.7 Å². The highest BCUT2D eigenvalue weighted by Crippen LogP contribution is 2.23. The predicted molar refractivity (Wildman–Crippen MR) is 92.2 cm³/mol. The van der Waals surface area contributed by atoms with Gasteiger partial charge in [-0.2, -0.15) is 0 Å². The van der Waals surface area contributed by atoms with E-state index in [0.29, 0.717) is 0 Å². The third-order valence-corrected chi connectivity index (χ3v) is 6.65. The summed E-state index contributed by atoms with van der Waals surface area (Å²) in [6.45, 7) is 3.99. The van der Waals surface area contributed by atoms with Gasteiger partial charge in [0.05, 0.1) is 11.0 Å². The highest BCUT2D eigenvalue weighted by molar-refractivity contribution is 7.92. The van der Waals surface area contributed by atoms with Gasteiger partial charge in [-0.25, -0.2) is 13.4 Å². The number of sulfone groups is 1. The molecule has 1 aromatic heterocycles. The van der Waals surface area contributed by atoms with Crippen molar-refractivity contribution < 1.29 is 13.2 Å². The first-order valence-corrected chi connectivity index (χ1v) is 9.70. The average Bonchev–Trinajstić information content (AvgIpc) is 3.06. The van der Waals surface area contributed by atoms with E-state index in [1.165, 1.54) is 0 Å². The zero-order chi connectivity index (χ0) is 17.3. The van der Waals surface area contributed by atoms with Gasteiger partial charge in [-0.05, 0) is 13.8 Å². The first-order chi connectivity index (χ1) is 11.4. The van der Waals surface area contributed by atoms with Gasteiger partial charge in [-0.15, -0.1) is 0 Å². The Morgan fingerprint density at radius 3 is 2.67 bits per heavy atom. The molecule has 0 radical (unpaired) electrons. The fourth-order valence-corrected chi connectivity index (χ4v) is 4.26. The number of carbonyl (C=O) groups excluding carboxylic acids is 1. The zero-order valence-electron chi connectivity index (χ0n) is 13.8. The molecule has 1 aromatic carbocycles. The van der Waals surface area contributed by atoms with E-state index < -0.39 is 21.1 Å². The SMILES string of the molecule is C[C@@H]1CN(C(=O)[C@H](C)n2ccnc2-c2ccccc2)CCS1(=O)=O. The second-order valence-corrected chi connectivity index (χ2v) is 8.70. The number of aromatic nitrogens is 2. The fourth-order valence-electron chi connectivity index (χ4n) is 2.97. The molecule has 1 saturated heterocycles. The van der Waals surface area contributed by atoms with Crippen LogP contribution in [0.15, 0.2) is 42.7 Å². The summed E-state index contributed by atoms with van der Waals surface area (Å²) in [5, 5.41) is -0.515. The van der Waals surface area contributed by atoms with Crippen molar-refractivity contribution in [2.45, 2.75) is 25.1 Å². The molecule has 24 heavy (non-hydrogen) atoms. The van der Waals surface area contributed by atoms with E-state index in [1.54, 1.807) is 24.2 Å². The van der Waals surface area contributed by atoms with Gasteiger partial charge in [0.1, 0.15) is 11.9 Å². The van der Waals surface area contributed by atoms with Gasteiger partial charge in [-0.3, -0.25) is 4.79 Å². The number of amides is 1. The maximum absolute atomic E-state index is 12.8. The molecule has 3 rings (SSSR count). The number of hydrogen-bond donors (Lipinski definition) is 0. The van der Waals surface area contributed by atoms with Crippen LogP contribution in [0, 0.1) is 0 Å². The van der Waals surface area contributed by atoms with Crippen LogP contribution >= 0.6 is 0 Å². The molecule has 2 aromatic rings. The molecule has 7 heteroatoms. The third-order valence-electron chi connectivity index (χ3n) is 4.52. The summed E-state index contributed by atoms with van der Waals surface area (Å²) in [5.74, 6) is 0.684.